The van der Waals surface area contributed by atoms with Crippen LogP contribution in [0.15, 0.2) is 67.5 Å². The van der Waals surface area contributed by atoms with Gasteiger partial charge in [-0.05, 0) is 61.4 Å². The van der Waals surface area contributed by atoms with E-state index < -0.39 is 9.84 Å². The van der Waals surface area contributed by atoms with Crippen LogP contribution >= 0.6 is 23.1 Å². The summed E-state index contributed by atoms with van der Waals surface area (Å²) in [7, 11) is -3.81. The van der Waals surface area contributed by atoms with Gasteiger partial charge in [0, 0.05) is 37.5 Å². The highest BCUT2D eigenvalue weighted by Crippen LogP contribution is 2.38. The molecule has 2 heterocycles. The number of benzene rings is 2. The molecule has 0 spiro atoms. The van der Waals surface area contributed by atoms with Gasteiger partial charge in [0.15, 0.2) is 0 Å². The Morgan fingerprint density at radius 2 is 1.92 bits per heavy atom. The molecule has 2 aromatic carbocycles. The summed E-state index contributed by atoms with van der Waals surface area (Å²) in [5, 5.41) is 7.74. The maximum atomic E-state index is 13.7. The van der Waals surface area contributed by atoms with Gasteiger partial charge >= 0.3 is 0 Å². The number of sulfone groups is 1. The Kier molecular flexibility index (Phi) is 9.43. The van der Waals surface area contributed by atoms with Crippen LogP contribution < -0.4 is 5.73 Å². The SMILES string of the molecule is CSc1sc(C(=N)N)cc1S(=O)(=O)c1cccc(-c2c(C)cccc2C(C)=NCCCN2CCOCC2)c1. The van der Waals surface area contributed by atoms with Crippen molar-refractivity contribution in [3.63, 3.8) is 0 Å². The molecule has 4 rings (SSSR count). The second kappa shape index (κ2) is 12.6. The van der Waals surface area contributed by atoms with E-state index in [1.54, 1.807) is 18.2 Å². The second-order valence-electron chi connectivity index (χ2n) is 9.18. The fourth-order valence-corrected chi connectivity index (χ4v) is 8.47. The summed E-state index contributed by atoms with van der Waals surface area (Å²) in [6, 6.07) is 14.7. The molecule has 3 aromatic rings. The first-order valence-electron chi connectivity index (χ1n) is 12.5. The normalized spacial score (nSPS) is 15.1. The van der Waals surface area contributed by atoms with Gasteiger partial charge in [0.2, 0.25) is 9.84 Å². The fraction of sp³-hybridized carbons (Fsp3) is 0.357. The van der Waals surface area contributed by atoms with Gasteiger partial charge in [0.1, 0.15) is 5.84 Å². The van der Waals surface area contributed by atoms with Crippen molar-refractivity contribution in [2.45, 2.75) is 34.3 Å². The van der Waals surface area contributed by atoms with Crippen molar-refractivity contribution in [1.29, 1.82) is 5.41 Å². The lowest BCUT2D eigenvalue weighted by molar-refractivity contribution is 0.0377. The van der Waals surface area contributed by atoms with Crippen molar-refractivity contribution in [3.05, 3.63) is 64.5 Å². The molecule has 38 heavy (non-hydrogen) atoms. The van der Waals surface area contributed by atoms with Gasteiger partial charge in [-0.15, -0.1) is 23.1 Å². The van der Waals surface area contributed by atoms with E-state index in [0.29, 0.717) is 9.09 Å². The van der Waals surface area contributed by atoms with E-state index >= 15 is 0 Å². The minimum Gasteiger partial charge on any atom is -0.383 e. The predicted octanol–water partition coefficient (Wildman–Crippen LogP) is 5.09. The molecule has 0 radical (unpaired) electrons. The highest BCUT2D eigenvalue weighted by Gasteiger charge is 2.25. The number of nitrogen functional groups attached to an aromatic ring is 1. The number of aryl methyl sites for hydroxylation is 1. The third-order valence-corrected chi connectivity index (χ3v) is 10.9. The minimum absolute atomic E-state index is 0.134. The first-order valence-corrected chi connectivity index (χ1v) is 16.0. The molecule has 0 amide bonds. The maximum absolute atomic E-state index is 13.7. The number of nitrogens with one attached hydrogen (secondary N) is 1. The highest BCUT2D eigenvalue weighted by atomic mass is 32.2. The summed E-state index contributed by atoms with van der Waals surface area (Å²) in [5.74, 6) is -0.134. The molecule has 0 saturated carbocycles. The van der Waals surface area contributed by atoms with Crippen molar-refractivity contribution >= 4 is 44.5 Å². The van der Waals surface area contributed by atoms with Gasteiger partial charge < -0.3 is 10.5 Å². The Labute approximate surface area is 233 Å². The van der Waals surface area contributed by atoms with E-state index in [-0.39, 0.29) is 15.6 Å². The number of hydrogen-bond donors (Lipinski definition) is 2. The second-order valence-corrected chi connectivity index (χ2v) is 13.2. The van der Waals surface area contributed by atoms with Crippen molar-refractivity contribution in [2.24, 2.45) is 10.7 Å². The standard InChI is InChI=1S/C28H34N4O3S3/c1-19-7-4-10-23(20(2)31-11-6-12-32-13-15-35-16-14-32)26(19)21-8-5-9-22(17-21)38(33,34)25-18-24(27(29)30)37-28(25)36-3/h4-5,7-10,17-18H,6,11-16H2,1-3H3,(H3,29,30). The quantitative estimate of drug-likeness (QED) is 0.152. The molecule has 0 unspecified atom stereocenters. The molecule has 1 saturated heterocycles. The summed E-state index contributed by atoms with van der Waals surface area (Å²) >= 11 is 2.57. The summed E-state index contributed by atoms with van der Waals surface area (Å²) in [5.41, 5.74) is 10.5. The molecule has 7 nitrogen and oxygen atoms in total. The van der Waals surface area contributed by atoms with Crippen LogP contribution in [0, 0.1) is 12.3 Å². The van der Waals surface area contributed by atoms with E-state index in [4.69, 9.17) is 20.9 Å². The van der Waals surface area contributed by atoms with E-state index in [1.807, 2.05) is 44.4 Å². The number of morpholine rings is 1. The number of aliphatic imine (C=N–C) groups is 1. The van der Waals surface area contributed by atoms with E-state index in [9.17, 15) is 8.42 Å². The largest absolute Gasteiger partial charge is 0.383 e. The number of hydrogen-bond acceptors (Lipinski definition) is 8. The van der Waals surface area contributed by atoms with Gasteiger partial charge in [-0.3, -0.25) is 15.3 Å². The summed E-state index contributed by atoms with van der Waals surface area (Å²) < 4.78 is 33.4. The van der Waals surface area contributed by atoms with Crippen molar-refractivity contribution in [3.8, 4) is 11.1 Å². The predicted molar refractivity (Wildman–Crippen MR) is 158 cm³/mol. The number of nitrogens with two attached hydrogens (primary N) is 1. The van der Waals surface area contributed by atoms with E-state index in [0.717, 1.165) is 73.8 Å². The molecule has 1 aliphatic rings. The van der Waals surface area contributed by atoms with Crippen LogP contribution in [-0.4, -0.2) is 70.5 Å². The van der Waals surface area contributed by atoms with Crippen LogP contribution in [0.3, 0.4) is 0 Å². The van der Waals surface area contributed by atoms with Crippen LogP contribution in [0.1, 0.15) is 29.3 Å². The molecular formula is C28H34N4O3S3. The van der Waals surface area contributed by atoms with Gasteiger partial charge in [-0.25, -0.2) is 8.42 Å². The van der Waals surface area contributed by atoms with Crippen LogP contribution in [0.4, 0.5) is 0 Å². The van der Waals surface area contributed by atoms with Crippen LogP contribution in [0.25, 0.3) is 11.1 Å². The van der Waals surface area contributed by atoms with Crippen molar-refractivity contribution < 1.29 is 13.2 Å². The minimum atomic E-state index is -3.81. The molecular weight excluding hydrogens is 537 g/mol. The molecule has 1 aliphatic heterocycles. The number of amidine groups is 1. The molecule has 1 aromatic heterocycles. The number of thioether (sulfide) groups is 1. The molecule has 202 valence electrons. The summed E-state index contributed by atoms with van der Waals surface area (Å²) in [6.07, 6.45) is 2.81. The lowest BCUT2D eigenvalue weighted by Gasteiger charge is -2.26. The van der Waals surface area contributed by atoms with E-state index in [1.165, 1.54) is 29.2 Å². The zero-order valence-electron chi connectivity index (χ0n) is 22.0. The fourth-order valence-electron chi connectivity index (χ4n) is 4.57. The van der Waals surface area contributed by atoms with E-state index in [2.05, 4.69) is 4.90 Å². The zero-order valence-corrected chi connectivity index (χ0v) is 24.4. The number of rotatable bonds is 10. The molecule has 1 fully saturated rings. The Morgan fingerprint density at radius 3 is 2.63 bits per heavy atom. The first-order chi connectivity index (χ1) is 18.2. The lowest BCUT2D eigenvalue weighted by atomic mass is 9.93. The number of thiophene rings is 1. The monoisotopic (exact) mass is 570 g/mol. The smallest absolute Gasteiger partial charge is 0.208 e. The Morgan fingerprint density at radius 1 is 1.18 bits per heavy atom. The Hall–Kier alpha value is -2.50. The summed E-state index contributed by atoms with van der Waals surface area (Å²) in [4.78, 5) is 8.14. The third-order valence-electron chi connectivity index (χ3n) is 6.59. The molecule has 0 atom stereocenters. The van der Waals surface area contributed by atoms with Gasteiger partial charge in [-0.2, -0.15) is 0 Å². The lowest BCUT2D eigenvalue weighted by Crippen LogP contribution is -2.37. The molecule has 0 aliphatic carbocycles. The van der Waals surface area contributed by atoms with Crippen molar-refractivity contribution in [2.75, 3.05) is 45.6 Å². The molecule has 0 bridgehead atoms. The maximum Gasteiger partial charge on any atom is 0.208 e. The van der Waals surface area contributed by atoms with Crippen LogP contribution in [-0.2, 0) is 14.6 Å². The highest BCUT2D eigenvalue weighted by molar-refractivity contribution is 8.01. The zero-order chi connectivity index (χ0) is 27.3. The molecule has 10 heteroatoms. The average molecular weight is 571 g/mol. The van der Waals surface area contributed by atoms with Gasteiger partial charge in [-0.1, -0.05) is 30.3 Å². The van der Waals surface area contributed by atoms with Gasteiger partial charge in [0.25, 0.3) is 0 Å². The Balaban J connectivity index is 1.63. The van der Waals surface area contributed by atoms with Gasteiger partial charge in [0.05, 0.1) is 32.1 Å². The average Bonchev–Trinajstić information content (AvgIpc) is 3.38. The molecule has 3 N–H and O–H groups in total. The first kappa shape index (κ1) is 28.5. The van der Waals surface area contributed by atoms with Crippen LogP contribution in [0.2, 0.25) is 0 Å². The number of ether oxygens (including phenoxy) is 1. The summed E-state index contributed by atoms with van der Waals surface area (Å²) in [6.45, 7) is 9.35. The third kappa shape index (κ3) is 6.38. The van der Waals surface area contributed by atoms with Crippen LogP contribution in [0.5, 0.6) is 0 Å². The van der Waals surface area contributed by atoms with Crippen molar-refractivity contribution in [1.82, 2.24) is 4.90 Å². The topological polar surface area (TPSA) is 109 Å². The number of nitrogens with zero attached hydrogens (tertiary/aromatic N) is 2. The Bertz CT molecular complexity index is 1440.